The number of nitrogens with one attached hydrogen (secondary N) is 2. The average Bonchev–Trinajstić information content (AvgIpc) is 3.12. The number of aryl methyl sites for hydroxylation is 2. The second-order valence-corrected chi connectivity index (χ2v) is 7.98. The number of H-pyrrole nitrogens is 1. The van der Waals surface area contributed by atoms with E-state index in [4.69, 9.17) is 5.73 Å². The van der Waals surface area contributed by atoms with Crippen LogP contribution in [0.15, 0.2) is 39.9 Å². The van der Waals surface area contributed by atoms with Crippen molar-refractivity contribution >= 4 is 23.2 Å². The van der Waals surface area contributed by atoms with Gasteiger partial charge in [-0.3, -0.25) is 19.1 Å². The lowest BCUT2D eigenvalue weighted by Crippen LogP contribution is -2.41. The van der Waals surface area contributed by atoms with E-state index in [0.29, 0.717) is 18.9 Å². The Morgan fingerprint density at radius 3 is 2.52 bits per heavy atom. The molecule has 0 saturated heterocycles. The van der Waals surface area contributed by atoms with Gasteiger partial charge in [-0.1, -0.05) is 31.0 Å². The van der Waals surface area contributed by atoms with Gasteiger partial charge in [-0.25, -0.2) is 9.48 Å². The number of likely N-dealkylation sites (N-methyl/N-ethyl adjacent to an activating group) is 1. The van der Waals surface area contributed by atoms with Crippen LogP contribution in [0.1, 0.15) is 37.9 Å². The van der Waals surface area contributed by atoms with Crippen LogP contribution in [0.4, 0.5) is 17.3 Å². The van der Waals surface area contributed by atoms with Gasteiger partial charge in [-0.2, -0.15) is 5.10 Å². The maximum Gasteiger partial charge on any atom is 0.330 e. The predicted octanol–water partition coefficient (Wildman–Crippen LogP) is 2.19. The highest BCUT2D eigenvalue weighted by atomic mass is 16.2. The Labute approximate surface area is 192 Å². The second kappa shape index (κ2) is 10.2. The average molecular weight is 454 g/mol. The molecule has 2 heterocycles. The molecule has 0 aliphatic carbocycles. The van der Waals surface area contributed by atoms with Gasteiger partial charge in [-0.05, 0) is 39.3 Å². The zero-order valence-electron chi connectivity index (χ0n) is 19.5. The van der Waals surface area contributed by atoms with E-state index in [1.807, 2.05) is 52.0 Å². The lowest BCUT2D eigenvalue weighted by molar-refractivity contribution is -0.115. The summed E-state index contributed by atoms with van der Waals surface area (Å²) in [5.74, 6) is 0.245. The largest absolute Gasteiger partial charge is 0.383 e. The highest BCUT2D eigenvalue weighted by Crippen LogP contribution is 2.19. The number of carbonyl (C=O) groups excluding carboxylic acids is 1. The van der Waals surface area contributed by atoms with Crippen molar-refractivity contribution in [1.29, 1.82) is 0 Å². The van der Waals surface area contributed by atoms with E-state index in [9.17, 15) is 14.4 Å². The Morgan fingerprint density at radius 1 is 1.18 bits per heavy atom. The lowest BCUT2D eigenvalue weighted by atomic mass is 10.2. The highest BCUT2D eigenvalue weighted by Gasteiger charge is 2.21. The number of anilines is 3. The van der Waals surface area contributed by atoms with Crippen LogP contribution in [0, 0.1) is 13.8 Å². The number of nitrogens with zero attached hydrogens (tertiary/aromatic N) is 4. The Bertz CT molecular complexity index is 1240. The van der Waals surface area contributed by atoms with Gasteiger partial charge in [0.15, 0.2) is 0 Å². The molecule has 2 aromatic heterocycles. The number of hydrogen-bond donors (Lipinski definition) is 3. The molecule has 0 spiro atoms. The molecule has 10 heteroatoms. The second-order valence-electron chi connectivity index (χ2n) is 7.98. The maximum atomic E-state index is 12.9. The summed E-state index contributed by atoms with van der Waals surface area (Å²) in [5.41, 5.74) is 7.85. The molecule has 0 aliphatic rings. The zero-order valence-corrected chi connectivity index (χ0v) is 19.5. The van der Waals surface area contributed by atoms with Crippen molar-refractivity contribution in [2.45, 2.75) is 47.1 Å². The number of benzene rings is 1. The van der Waals surface area contributed by atoms with Crippen LogP contribution < -0.4 is 27.2 Å². The van der Waals surface area contributed by atoms with Gasteiger partial charge in [0, 0.05) is 19.2 Å². The Morgan fingerprint density at radius 2 is 1.88 bits per heavy atom. The van der Waals surface area contributed by atoms with Crippen LogP contribution in [-0.4, -0.2) is 38.3 Å². The third-order valence-corrected chi connectivity index (χ3v) is 5.36. The van der Waals surface area contributed by atoms with Gasteiger partial charge in [0.05, 0.1) is 17.9 Å². The molecule has 0 aliphatic heterocycles. The zero-order chi connectivity index (χ0) is 24.1. The molecule has 0 fully saturated rings. The van der Waals surface area contributed by atoms with Crippen LogP contribution in [0.5, 0.6) is 0 Å². The standard InChI is InChI=1S/C23H31N7O3/c1-5-7-12-29-21(24)20(22(32)26-23(29)33)28(6-2)14-19(31)25-18-13-16(4)27-30(18)17-10-8-15(3)9-11-17/h8-11,13H,5-7,12,14,24H2,1-4H3,(H,25,31)(H,26,32,33). The van der Waals surface area contributed by atoms with Crippen molar-refractivity contribution < 1.29 is 4.79 Å². The fourth-order valence-corrected chi connectivity index (χ4v) is 3.60. The molecule has 0 unspecified atom stereocenters. The van der Waals surface area contributed by atoms with Gasteiger partial charge in [0.2, 0.25) is 5.91 Å². The first-order valence-electron chi connectivity index (χ1n) is 11.1. The summed E-state index contributed by atoms with van der Waals surface area (Å²) >= 11 is 0. The topological polar surface area (TPSA) is 131 Å². The maximum absolute atomic E-state index is 12.9. The summed E-state index contributed by atoms with van der Waals surface area (Å²) in [4.78, 5) is 41.6. The Hall–Kier alpha value is -3.82. The van der Waals surface area contributed by atoms with Gasteiger partial charge < -0.3 is 16.0 Å². The van der Waals surface area contributed by atoms with Gasteiger partial charge >= 0.3 is 5.69 Å². The molecular formula is C23H31N7O3. The van der Waals surface area contributed by atoms with Gasteiger partial charge in [0.25, 0.3) is 5.56 Å². The molecule has 10 nitrogen and oxygen atoms in total. The molecule has 0 bridgehead atoms. The van der Waals surface area contributed by atoms with E-state index in [0.717, 1.165) is 29.8 Å². The third-order valence-electron chi connectivity index (χ3n) is 5.36. The van der Waals surface area contributed by atoms with Crippen LogP contribution in [0.3, 0.4) is 0 Å². The highest BCUT2D eigenvalue weighted by molar-refractivity contribution is 5.94. The predicted molar refractivity (Wildman–Crippen MR) is 130 cm³/mol. The minimum Gasteiger partial charge on any atom is -0.383 e. The molecule has 3 rings (SSSR count). The Balaban J connectivity index is 1.86. The number of nitrogen functional groups attached to an aromatic ring is 1. The van der Waals surface area contributed by atoms with Crippen molar-refractivity contribution in [3.05, 3.63) is 62.4 Å². The fourth-order valence-electron chi connectivity index (χ4n) is 3.60. The number of hydrogen-bond acceptors (Lipinski definition) is 6. The minimum atomic E-state index is -0.611. The smallest absolute Gasteiger partial charge is 0.330 e. The molecule has 33 heavy (non-hydrogen) atoms. The molecular weight excluding hydrogens is 422 g/mol. The number of amides is 1. The quantitative estimate of drug-likeness (QED) is 0.455. The monoisotopic (exact) mass is 453 g/mol. The number of rotatable bonds is 9. The van der Waals surface area contributed by atoms with E-state index in [1.54, 1.807) is 15.6 Å². The lowest BCUT2D eigenvalue weighted by Gasteiger charge is -2.24. The summed E-state index contributed by atoms with van der Waals surface area (Å²) < 4.78 is 3.01. The van der Waals surface area contributed by atoms with E-state index >= 15 is 0 Å². The van der Waals surface area contributed by atoms with Crippen molar-refractivity contribution in [3.8, 4) is 5.69 Å². The van der Waals surface area contributed by atoms with E-state index < -0.39 is 11.2 Å². The molecule has 0 radical (unpaired) electrons. The number of aromatic nitrogens is 4. The SMILES string of the molecule is CCCCn1c(N)c(N(CC)CC(=O)Nc2cc(C)nn2-c2ccc(C)cc2)c(=O)[nH]c1=O. The number of carbonyl (C=O) groups is 1. The molecule has 4 N–H and O–H groups in total. The summed E-state index contributed by atoms with van der Waals surface area (Å²) in [5, 5.41) is 7.35. The molecule has 3 aromatic rings. The molecule has 1 amide bonds. The van der Waals surface area contributed by atoms with E-state index in [-0.39, 0.29) is 24.0 Å². The molecule has 0 atom stereocenters. The van der Waals surface area contributed by atoms with Crippen LogP contribution in [-0.2, 0) is 11.3 Å². The third kappa shape index (κ3) is 5.33. The van der Waals surface area contributed by atoms with Crippen molar-refractivity contribution in [3.63, 3.8) is 0 Å². The molecule has 0 saturated carbocycles. The molecule has 176 valence electrons. The fraction of sp³-hybridized carbons (Fsp3) is 0.391. The molecule has 1 aromatic carbocycles. The first-order valence-corrected chi connectivity index (χ1v) is 11.1. The first kappa shape index (κ1) is 23.8. The van der Waals surface area contributed by atoms with E-state index in [2.05, 4.69) is 15.4 Å². The van der Waals surface area contributed by atoms with Crippen LogP contribution >= 0.6 is 0 Å². The first-order chi connectivity index (χ1) is 15.7. The summed E-state index contributed by atoms with van der Waals surface area (Å²) in [6.45, 7) is 8.28. The van der Waals surface area contributed by atoms with Crippen molar-refractivity contribution in [2.24, 2.45) is 0 Å². The summed E-state index contributed by atoms with van der Waals surface area (Å²) in [7, 11) is 0. The summed E-state index contributed by atoms with van der Waals surface area (Å²) in [6, 6.07) is 9.57. The van der Waals surface area contributed by atoms with Crippen molar-refractivity contribution in [2.75, 3.05) is 29.0 Å². The number of aromatic amines is 1. The van der Waals surface area contributed by atoms with Gasteiger partial charge in [0.1, 0.15) is 17.3 Å². The Kier molecular flexibility index (Phi) is 7.37. The number of nitrogens with two attached hydrogens (primary N) is 1. The van der Waals surface area contributed by atoms with E-state index in [1.165, 1.54) is 4.57 Å². The summed E-state index contributed by atoms with van der Waals surface area (Å²) in [6.07, 6.45) is 1.61. The van der Waals surface area contributed by atoms with Crippen LogP contribution in [0.25, 0.3) is 5.69 Å². The van der Waals surface area contributed by atoms with Crippen LogP contribution in [0.2, 0.25) is 0 Å². The van der Waals surface area contributed by atoms with Gasteiger partial charge in [-0.15, -0.1) is 0 Å². The number of unbranched alkanes of at least 4 members (excludes halogenated alkanes) is 1. The van der Waals surface area contributed by atoms with Crippen molar-refractivity contribution in [1.82, 2.24) is 19.3 Å². The minimum absolute atomic E-state index is 0.0624. The normalized spacial score (nSPS) is 10.9.